The Labute approximate surface area is 127 Å². The predicted octanol–water partition coefficient (Wildman–Crippen LogP) is 2.66. The maximum Gasteiger partial charge on any atom is 0.287 e. The van der Waals surface area contributed by atoms with Gasteiger partial charge in [0.25, 0.3) is 5.91 Å². The van der Waals surface area contributed by atoms with Crippen molar-refractivity contribution in [3.05, 3.63) is 65.9 Å². The Kier molecular flexibility index (Phi) is 3.74. The summed E-state index contributed by atoms with van der Waals surface area (Å²) in [5, 5.41) is 10.6. The van der Waals surface area contributed by atoms with Crippen molar-refractivity contribution >= 4 is 5.91 Å². The van der Waals surface area contributed by atoms with Gasteiger partial charge in [-0.25, -0.2) is 4.68 Å². The van der Waals surface area contributed by atoms with E-state index in [9.17, 15) is 4.79 Å². The second-order valence-electron chi connectivity index (χ2n) is 5.07. The largest absolute Gasteiger partial charge is 0.459 e. The molecule has 0 unspecified atom stereocenters. The quantitative estimate of drug-likeness (QED) is 0.803. The lowest BCUT2D eigenvalue weighted by Crippen LogP contribution is -2.26. The molecular formula is C16H16N4O2. The first-order chi connectivity index (χ1) is 10.6. The molecule has 0 radical (unpaired) electrons. The molecule has 1 N–H and O–H groups in total. The van der Waals surface area contributed by atoms with E-state index in [2.05, 4.69) is 15.6 Å². The predicted molar refractivity (Wildman–Crippen MR) is 80.7 cm³/mol. The number of aryl methyl sites for hydroxylation is 1. The van der Waals surface area contributed by atoms with Crippen molar-refractivity contribution in [3.8, 4) is 5.69 Å². The number of nitrogens with zero attached hydrogens (tertiary/aromatic N) is 3. The maximum absolute atomic E-state index is 12.1. The highest BCUT2D eigenvalue weighted by atomic mass is 16.3. The molecule has 0 bridgehead atoms. The van der Waals surface area contributed by atoms with Crippen LogP contribution in [0.5, 0.6) is 0 Å². The van der Waals surface area contributed by atoms with Gasteiger partial charge in [-0.3, -0.25) is 4.79 Å². The van der Waals surface area contributed by atoms with Gasteiger partial charge >= 0.3 is 0 Å². The van der Waals surface area contributed by atoms with Crippen LogP contribution in [0.25, 0.3) is 5.69 Å². The summed E-state index contributed by atoms with van der Waals surface area (Å²) in [7, 11) is 0. The number of rotatable bonds is 4. The summed E-state index contributed by atoms with van der Waals surface area (Å²) in [6, 6.07) is 9.43. The maximum atomic E-state index is 12.1. The van der Waals surface area contributed by atoms with Gasteiger partial charge in [0.15, 0.2) is 5.76 Å². The zero-order valence-corrected chi connectivity index (χ0v) is 12.4. The highest BCUT2D eigenvalue weighted by molar-refractivity contribution is 5.93. The van der Waals surface area contributed by atoms with Crippen LogP contribution in [0.4, 0.5) is 0 Å². The number of aromatic nitrogens is 3. The van der Waals surface area contributed by atoms with Gasteiger partial charge in [0.1, 0.15) is 0 Å². The summed E-state index contributed by atoms with van der Waals surface area (Å²) < 4.78 is 6.88. The Morgan fingerprint density at radius 2 is 2.05 bits per heavy atom. The smallest absolute Gasteiger partial charge is 0.287 e. The molecule has 1 atom stereocenters. The SMILES string of the molecule is Cc1ccoc1C(=O)N[C@H](C)c1ccc(-n2ccnn2)cc1. The van der Waals surface area contributed by atoms with Gasteiger partial charge in [0.2, 0.25) is 0 Å². The van der Waals surface area contributed by atoms with Crippen molar-refractivity contribution in [3.63, 3.8) is 0 Å². The van der Waals surface area contributed by atoms with Crippen molar-refractivity contribution in [2.75, 3.05) is 0 Å². The number of carbonyl (C=O) groups is 1. The van der Waals surface area contributed by atoms with Crippen LogP contribution < -0.4 is 5.32 Å². The standard InChI is InChI=1S/C16H16N4O2/c1-11-7-10-22-15(11)16(21)18-12(2)13-3-5-14(6-4-13)20-9-8-17-19-20/h3-10,12H,1-2H3,(H,18,21)/t12-/m1/s1. The minimum absolute atomic E-state index is 0.123. The van der Waals surface area contributed by atoms with Crippen LogP contribution >= 0.6 is 0 Å². The highest BCUT2D eigenvalue weighted by Crippen LogP contribution is 2.17. The Bertz CT molecular complexity index is 760. The third-order valence-electron chi connectivity index (χ3n) is 3.50. The Morgan fingerprint density at radius 3 is 2.64 bits per heavy atom. The number of furan rings is 1. The first-order valence-electron chi connectivity index (χ1n) is 6.97. The Morgan fingerprint density at radius 1 is 1.27 bits per heavy atom. The summed E-state index contributed by atoms with van der Waals surface area (Å²) in [5.41, 5.74) is 2.74. The lowest BCUT2D eigenvalue weighted by atomic mass is 10.1. The molecular weight excluding hydrogens is 280 g/mol. The van der Waals surface area contributed by atoms with Gasteiger partial charge in [-0.2, -0.15) is 0 Å². The van der Waals surface area contributed by atoms with E-state index in [1.165, 1.54) is 6.26 Å². The molecule has 2 heterocycles. The Balaban J connectivity index is 1.71. The van der Waals surface area contributed by atoms with E-state index >= 15 is 0 Å². The molecule has 0 spiro atoms. The van der Waals surface area contributed by atoms with E-state index in [0.717, 1.165) is 16.8 Å². The minimum Gasteiger partial charge on any atom is -0.459 e. The van der Waals surface area contributed by atoms with Crippen LogP contribution in [0.15, 0.2) is 53.4 Å². The Hall–Kier alpha value is -2.89. The van der Waals surface area contributed by atoms with E-state index in [1.807, 2.05) is 38.1 Å². The second kappa shape index (κ2) is 5.85. The van der Waals surface area contributed by atoms with Crippen molar-refractivity contribution in [2.24, 2.45) is 0 Å². The fraction of sp³-hybridized carbons (Fsp3) is 0.188. The molecule has 0 saturated carbocycles. The van der Waals surface area contributed by atoms with Crippen LogP contribution in [0.2, 0.25) is 0 Å². The number of nitrogens with one attached hydrogen (secondary N) is 1. The van der Waals surface area contributed by atoms with Crippen molar-refractivity contribution in [2.45, 2.75) is 19.9 Å². The lowest BCUT2D eigenvalue weighted by Gasteiger charge is -2.14. The van der Waals surface area contributed by atoms with Gasteiger partial charge in [-0.15, -0.1) is 5.10 Å². The van der Waals surface area contributed by atoms with Crippen LogP contribution in [-0.2, 0) is 0 Å². The molecule has 22 heavy (non-hydrogen) atoms. The van der Waals surface area contributed by atoms with Crippen molar-refractivity contribution in [1.82, 2.24) is 20.3 Å². The second-order valence-corrected chi connectivity index (χ2v) is 5.07. The number of carbonyl (C=O) groups excluding carboxylic acids is 1. The molecule has 0 saturated heterocycles. The summed E-state index contributed by atoms with van der Waals surface area (Å²) >= 11 is 0. The van der Waals surface area contributed by atoms with Crippen LogP contribution in [-0.4, -0.2) is 20.9 Å². The molecule has 0 aliphatic rings. The van der Waals surface area contributed by atoms with Crippen molar-refractivity contribution < 1.29 is 9.21 Å². The molecule has 6 heteroatoms. The van der Waals surface area contributed by atoms with Gasteiger partial charge in [0, 0.05) is 5.56 Å². The minimum atomic E-state index is -0.213. The highest BCUT2D eigenvalue weighted by Gasteiger charge is 2.16. The lowest BCUT2D eigenvalue weighted by molar-refractivity contribution is 0.0911. The number of hydrogen-bond acceptors (Lipinski definition) is 4. The number of benzene rings is 1. The molecule has 3 aromatic rings. The van der Waals surface area contributed by atoms with Crippen LogP contribution in [0, 0.1) is 6.92 Å². The zero-order chi connectivity index (χ0) is 15.5. The average molecular weight is 296 g/mol. The fourth-order valence-corrected chi connectivity index (χ4v) is 2.21. The topological polar surface area (TPSA) is 73.0 Å². The normalized spacial score (nSPS) is 12.1. The van der Waals surface area contributed by atoms with E-state index in [0.29, 0.717) is 5.76 Å². The summed E-state index contributed by atoms with van der Waals surface area (Å²) in [6.45, 7) is 3.77. The molecule has 3 rings (SSSR count). The third-order valence-corrected chi connectivity index (χ3v) is 3.50. The first kappa shape index (κ1) is 14.1. The monoisotopic (exact) mass is 296 g/mol. The van der Waals surface area contributed by atoms with Gasteiger partial charge in [0.05, 0.1) is 30.4 Å². The van der Waals surface area contributed by atoms with E-state index in [1.54, 1.807) is 23.1 Å². The zero-order valence-electron chi connectivity index (χ0n) is 12.4. The summed E-state index contributed by atoms with van der Waals surface area (Å²) in [4.78, 5) is 12.1. The van der Waals surface area contributed by atoms with E-state index in [-0.39, 0.29) is 11.9 Å². The molecule has 1 amide bonds. The molecule has 112 valence electrons. The summed E-state index contributed by atoms with van der Waals surface area (Å²) in [6.07, 6.45) is 4.92. The molecule has 0 aliphatic heterocycles. The fourth-order valence-electron chi connectivity index (χ4n) is 2.21. The van der Waals surface area contributed by atoms with Crippen LogP contribution in [0.1, 0.15) is 34.6 Å². The average Bonchev–Trinajstić information content (AvgIpc) is 3.18. The number of hydrogen-bond donors (Lipinski definition) is 1. The molecule has 2 aromatic heterocycles. The molecule has 0 fully saturated rings. The number of amides is 1. The van der Waals surface area contributed by atoms with E-state index < -0.39 is 0 Å². The molecule has 0 aliphatic carbocycles. The van der Waals surface area contributed by atoms with E-state index in [4.69, 9.17) is 4.42 Å². The van der Waals surface area contributed by atoms with Gasteiger partial charge < -0.3 is 9.73 Å². The van der Waals surface area contributed by atoms with Gasteiger partial charge in [-0.05, 0) is 37.6 Å². The molecule has 1 aromatic carbocycles. The van der Waals surface area contributed by atoms with Crippen LogP contribution in [0.3, 0.4) is 0 Å². The van der Waals surface area contributed by atoms with Crippen molar-refractivity contribution in [1.29, 1.82) is 0 Å². The summed E-state index contributed by atoms with van der Waals surface area (Å²) in [5.74, 6) is 0.140. The third kappa shape index (κ3) is 2.76. The van der Waals surface area contributed by atoms with Gasteiger partial charge in [-0.1, -0.05) is 17.3 Å². The first-order valence-corrected chi connectivity index (χ1v) is 6.97. The molecule has 6 nitrogen and oxygen atoms in total.